The monoisotopic (exact) mass is 282 g/mol. The van der Waals surface area contributed by atoms with Gasteiger partial charge in [-0.2, -0.15) is 11.3 Å². The fourth-order valence-corrected chi connectivity index (χ4v) is 3.42. The van der Waals surface area contributed by atoms with E-state index in [0.29, 0.717) is 0 Å². The summed E-state index contributed by atoms with van der Waals surface area (Å²) in [5.41, 5.74) is 5.05. The van der Waals surface area contributed by atoms with Crippen molar-refractivity contribution in [3.8, 4) is 0 Å². The topological polar surface area (TPSA) is 24.9 Å². The number of pyridine rings is 1. The highest BCUT2D eigenvalue weighted by Gasteiger charge is 2.16. The lowest BCUT2D eigenvalue weighted by Gasteiger charge is -2.19. The molecule has 3 heteroatoms. The molecule has 2 aromatic heterocycles. The van der Waals surface area contributed by atoms with Crippen LogP contribution in [0, 0.1) is 6.92 Å². The molecule has 102 valence electrons. The van der Waals surface area contributed by atoms with Gasteiger partial charge in [-0.3, -0.25) is 4.98 Å². The third kappa shape index (κ3) is 2.47. The van der Waals surface area contributed by atoms with Crippen LogP contribution in [-0.2, 0) is 0 Å². The van der Waals surface area contributed by atoms with Crippen LogP contribution in [-0.4, -0.2) is 11.5 Å². The van der Waals surface area contributed by atoms with E-state index in [2.05, 4.69) is 59.2 Å². The molecule has 0 aliphatic heterocycles. The van der Waals surface area contributed by atoms with Crippen LogP contribution in [0.2, 0.25) is 0 Å². The third-order valence-electron chi connectivity index (χ3n) is 3.58. The molecule has 0 spiro atoms. The first-order chi connectivity index (χ1) is 9.79. The van der Waals surface area contributed by atoms with Crippen molar-refractivity contribution in [1.29, 1.82) is 0 Å². The zero-order chi connectivity index (χ0) is 13.9. The molecular weight excluding hydrogens is 264 g/mol. The Balaban J connectivity index is 2.07. The minimum atomic E-state index is 0.248. The van der Waals surface area contributed by atoms with Crippen LogP contribution in [0.3, 0.4) is 0 Å². The summed E-state index contributed by atoms with van der Waals surface area (Å²) in [4.78, 5) is 4.46. The number of nitrogens with one attached hydrogen (secondary N) is 1. The first kappa shape index (κ1) is 13.3. The van der Waals surface area contributed by atoms with Crippen LogP contribution >= 0.6 is 11.3 Å². The van der Waals surface area contributed by atoms with Gasteiger partial charge in [0.1, 0.15) is 0 Å². The average molecular weight is 282 g/mol. The molecule has 0 fully saturated rings. The average Bonchev–Trinajstić information content (AvgIpc) is 2.90. The third-order valence-corrected chi connectivity index (χ3v) is 4.46. The summed E-state index contributed by atoms with van der Waals surface area (Å²) in [5.74, 6) is 0. The number of hydrogen-bond donors (Lipinski definition) is 1. The smallest absolute Gasteiger partial charge is 0.0705 e. The number of aryl methyl sites for hydroxylation is 1. The summed E-state index contributed by atoms with van der Waals surface area (Å²) in [5, 5.41) is 9.22. The lowest BCUT2D eigenvalue weighted by molar-refractivity contribution is 0.630. The van der Waals surface area contributed by atoms with Crippen LogP contribution in [0.4, 0.5) is 0 Å². The van der Waals surface area contributed by atoms with E-state index < -0.39 is 0 Å². The van der Waals surface area contributed by atoms with Gasteiger partial charge in [-0.25, -0.2) is 0 Å². The van der Waals surface area contributed by atoms with Crippen molar-refractivity contribution < 1.29 is 0 Å². The molecule has 0 aliphatic rings. The SMILES string of the molecule is CCNC(c1ccc2cccnc2c1)c1cscc1C. The second kappa shape index (κ2) is 5.73. The fourth-order valence-electron chi connectivity index (χ4n) is 2.54. The first-order valence-electron chi connectivity index (χ1n) is 6.90. The standard InChI is InChI=1S/C17H18N2S/c1-3-18-17(15-11-20-10-12(15)2)14-7-6-13-5-4-8-19-16(13)9-14/h4-11,17-18H,3H2,1-2H3. The van der Waals surface area contributed by atoms with E-state index in [0.717, 1.165) is 12.1 Å². The van der Waals surface area contributed by atoms with E-state index in [4.69, 9.17) is 0 Å². The Morgan fingerprint density at radius 2 is 2.15 bits per heavy atom. The number of fused-ring (bicyclic) bond motifs is 1. The number of benzene rings is 1. The van der Waals surface area contributed by atoms with Crippen molar-refractivity contribution in [2.75, 3.05) is 6.54 Å². The lowest BCUT2D eigenvalue weighted by atomic mass is 9.97. The second-order valence-electron chi connectivity index (χ2n) is 4.96. The van der Waals surface area contributed by atoms with E-state index in [-0.39, 0.29) is 6.04 Å². The van der Waals surface area contributed by atoms with Crippen LogP contribution in [0.1, 0.15) is 29.7 Å². The molecule has 20 heavy (non-hydrogen) atoms. The van der Waals surface area contributed by atoms with E-state index in [1.807, 2.05) is 12.3 Å². The highest BCUT2D eigenvalue weighted by Crippen LogP contribution is 2.29. The predicted molar refractivity (Wildman–Crippen MR) is 86.3 cm³/mol. The normalized spacial score (nSPS) is 12.7. The largest absolute Gasteiger partial charge is 0.306 e. The summed E-state index contributed by atoms with van der Waals surface area (Å²) in [6.07, 6.45) is 1.85. The summed E-state index contributed by atoms with van der Waals surface area (Å²) >= 11 is 1.76. The molecule has 2 nitrogen and oxygen atoms in total. The van der Waals surface area contributed by atoms with Crippen molar-refractivity contribution in [1.82, 2.24) is 10.3 Å². The van der Waals surface area contributed by atoms with Crippen LogP contribution < -0.4 is 5.32 Å². The molecule has 0 saturated carbocycles. The van der Waals surface area contributed by atoms with Gasteiger partial charge in [-0.05, 0) is 53.1 Å². The molecule has 0 saturated heterocycles. The zero-order valence-electron chi connectivity index (χ0n) is 11.8. The van der Waals surface area contributed by atoms with Crippen molar-refractivity contribution in [3.63, 3.8) is 0 Å². The van der Waals surface area contributed by atoms with Crippen molar-refractivity contribution in [3.05, 3.63) is 64.0 Å². The molecule has 0 amide bonds. The van der Waals surface area contributed by atoms with Gasteiger partial charge in [0, 0.05) is 11.6 Å². The Bertz CT molecular complexity index is 718. The summed E-state index contributed by atoms with van der Waals surface area (Å²) < 4.78 is 0. The molecule has 1 atom stereocenters. The number of rotatable bonds is 4. The Morgan fingerprint density at radius 3 is 2.90 bits per heavy atom. The molecule has 0 bridgehead atoms. The van der Waals surface area contributed by atoms with E-state index >= 15 is 0 Å². The van der Waals surface area contributed by atoms with Gasteiger partial charge in [0.25, 0.3) is 0 Å². The fraction of sp³-hybridized carbons (Fsp3) is 0.235. The number of thiophene rings is 1. The van der Waals surface area contributed by atoms with E-state index in [9.17, 15) is 0 Å². The Labute approximate surface area is 123 Å². The lowest BCUT2D eigenvalue weighted by Crippen LogP contribution is -2.22. The van der Waals surface area contributed by atoms with Gasteiger partial charge in [-0.1, -0.05) is 25.1 Å². The quantitative estimate of drug-likeness (QED) is 0.771. The van der Waals surface area contributed by atoms with Crippen LogP contribution in [0.5, 0.6) is 0 Å². The molecule has 0 radical (unpaired) electrons. The van der Waals surface area contributed by atoms with Crippen LogP contribution in [0.25, 0.3) is 10.9 Å². The highest BCUT2D eigenvalue weighted by molar-refractivity contribution is 7.08. The maximum absolute atomic E-state index is 4.46. The molecule has 3 aromatic rings. The van der Waals surface area contributed by atoms with E-state index in [1.165, 1.54) is 22.1 Å². The van der Waals surface area contributed by atoms with Crippen LogP contribution in [0.15, 0.2) is 47.3 Å². The summed E-state index contributed by atoms with van der Waals surface area (Å²) in [6, 6.07) is 10.9. The van der Waals surface area contributed by atoms with E-state index in [1.54, 1.807) is 11.3 Å². The molecule has 2 heterocycles. The Kier molecular flexibility index (Phi) is 3.81. The zero-order valence-corrected chi connectivity index (χ0v) is 12.6. The Hall–Kier alpha value is -1.71. The van der Waals surface area contributed by atoms with Gasteiger partial charge in [0.05, 0.1) is 11.6 Å². The van der Waals surface area contributed by atoms with Gasteiger partial charge < -0.3 is 5.32 Å². The first-order valence-corrected chi connectivity index (χ1v) is 7.84. The summed E-state index contributed by atoms with van der Waals surface area (Å²) in [6.45, 7) is 5.27. The van der Waals surface area contributed by atoms with Crippen molar-refractivity contribution >= 4 is 22.2 Å². The predicted octanol–water partition coefficient (Wildman–Crippen LogP) is 4.30. The molecule has 1 aromatic carbocycles. The molecule has 0 aliphatic carbocycles. The van der Waals surface area contributed by atoms with Gasteiger partial charge in [0.2, 0.25) is 0 Å². The second-order valence-corrected chi connectivity index (χ2v) is 5.70. The molecule has 1 unspecified atom stereocenters. The van der Waals surface area contributed by atoms with Gasteiger partial charge in [-0.15, -0.1) is 0 Å². The maximum atomic E-state index is 4.46. The van der Waals surface area contributed by atoms with Gasteiger partial charge >= 0.3 is 0 Å². The summed E-state index contributed by atoms with van der Waals surface area (Å²) in [7, 11) is 0. The molecule has 1 N–H and O–H groups in total. The minimum absolute atomic E-state index is 0.248. The maximum Gasteiger partial charge on any atom is 0.0705 e. The highest BCUT2D eigenvalue weighted by atomic mass is 32.1. The Morgan fingerprint density at radius 1 is 1.25 bits per heavy atom. The molecular formula is C17H18N2S. The number of aromatic nitrogens is 1. The minimum Gasteiger partial charge on any atom is -0.306 e. The van der Waals surface area contributed by atoms with Crippen molar-refractivity contribution in [2.24, 2.45) is 0 Å². The van der Waals surface area contributed by atoms with Crippen molar-refractivity contribution in [2.45, 2.75) is 19.9 Å². The van der Waals surface area contributed by atoms with Gasteiger partial charge in [0.15, 0.2) is 0 Å². The molecule has 3 rings (SSSR count). The number of hydrogen-bond acceptors (Lipinski definition) is 3. The number of nitrogens with zero attached hydrogens (tertiary/aromatic N) is 1.